The van der Waals surface area contributed by atoms with E-state index in [1.54, 1.807) is 0 Å². The number of urea groups is 1. The van der Waals surface area contributed by atoms with Gasteiger partial charge in [0, 0.05) is 0 Å². The lowest BCUT2D eigenvalue weighted by atomic mass is 10.5. The molecule has 1 aromatic heterocycles. The van der Waals surface area contributed by atoms with Crippen molar-refractivity contribution >= 4 is 12.0 Å². The minimum absolute atomic E-state index is 0.0226. The van der Waals surface area contributed by atoms with E-state index < -0.39 is 6.03 Å². The molecule has 8 heteroatoms. The number of hydrazine groups is 1. The zero-order valence-corrected chi connectivity index (χ0v) is 6.79. The van der Waals surface area contributed by atoms with E-state index in [0.717, 1.165) is 0 Å². The lowest BCUT2D eigenvalue weighted by Crippen LogP contribution is -2.35. The molecule has 1 heterocycles. The van der Waals surface area contributed by atoms with Gasteiger partial charge in [0.05, 0.1) is 0 Å². The summed E-state index contributed by atoms with van der Waals surface area (Å²) in [6.07, 6.45) is 0. The van der Waals surface area contributed by atoms with E-state index in [0.29, 0.717) is 0 Å². The first-order valence-electron chi connectivity index (χ1n) is 3.34. The maximum Gasteiger partial charge on any atom is 0.330 e. The van der Waals surface area contributed by atoms with E-state index in [9.17, 15) is 9.59 Å². The van der Waals surface area contributed by atoms with Crippen LogP contribution in [0.5, 0.6) is 0 Å². The van der Waals surface area contributed by atoms with Crippen molar-refractivity contribution < 1.29 is 4.79 Å². The van der Waals surface area contributed by atoms with Crippen molar-refractivity contribution in [2.75, 3.05) is 5.43 Å². The lowest BCUT2D eigenvalue weighted by molar-refractivity contribution is 0.250. The van der Waals surface area contributed by atoms with Gasteiger partial charge in [-0.05, 0) is 6.92 Å². The van der Waals surface area contributed by atoms with E-state index in [1.807, 2.05) is 5.43 Å². The molecule has 2 amide bonds. The smallest absolute Gasteiger partial charge is 0.330 e. The van der Waals surface area contributed by atoms with Crippen LogP contribution >= 0.6 is 0 Å². The molecule has 1 rings (SSSR count). The summed E-state index contributed by atoms with van der Waals surface area (Å²) >= 11 is 0. The van der Waals surface area contributed by atoms with Crippen molar-refractivity contribution in [1.29, 1.82) is 0 Å². The largest absolute Gasteiger partial charge is 0.350 e. The van der Waals surface area contributed by atoms with Gasteiger partial charge in [-0.15, -0.1) is 10.2 Å². The summed E-state index contributed by atoms with van der Waals surface area (Å²) in [5.74, 6) is 0.0226. The molecule has 0 radical (unpaired) electrons. The van der Waals surface area contributed by atoms with Crippen LogP contribution in [0.15, 0.2) is 4.79 Å². The van der Waals surface area contributed by atoms with Crippen molar-refractivity contribution in [2.45, 2.75) is 6.92 Å². The van der Waals surface area contributed by atoms with Crippen LogP contribution in [-0.2, 0) is 0 Å². The van der Waals surface area contributed by atoms with Crippen molar-refractivity contribution in [2.24, 2.45) is 5.73 Å². The van der Waals surface area contributed by atoms with Gasteiger partial charge >= 0.3 is 6.03 Å². The summed E-state index contributed by atoms with van der Waals surface area (Å²) in [5, 5.41) is 7.03. The van der Waals surface area contributed by atoms with Crippen molar-refractivity contribution in [3.8, 4) is 0 Å². The second-order valence-corrected chi connectivity index (χ2v) is 2.20. The van der Waals surface area contributed by atoms with E-state index in [1.165, 1.54) is 6.92 Å². The highest BCUT2D eigenvalue weighted by atomic mass is 16.2. The van der Waals surface area contributed by atoms with Crippen molar-refractivity contribution in [1.82, 2.24) is 20.6 Å². The Kier molecular flexibility index (Phi) is 2.43. The second-order valence-electron chi connectivity index (χ2n) is 2.20. The minimum Gasteiger partial charge on any atom is -0.350 e. The number of aryl methyl sites for hydroxylation is 1. The maximum absolute atomic E-state index is 10.9. The Balaban J connectivity index is 2.74. The molecule has 1 aromatic rings. The van der Waals surface area contributed by atoms with Gasteiger partial charge in [0.25, 0.3) is 5.56 Å². The molecule has 0 bridgehead atoms. The summed E-state index contributed by atoms with van der Waals surface area (Å²) in [6.45, 7) is 1.51. The number of hydrogen-bond donors (Lipinski definition) is 4. The highest BCUT2D eigenvalue weighted by Crippen LogP contribution is 1.86. The number of aromatic nitrogens is 3. The summed E-state index contributed by atoms with van der Waals surface area (Å²) in [6, 6.07) is -0.789. The number of nitrogens with one attached hydrogen (secondary N) is 3. The van der Waals surface area contributed by atoms with E-state index in [-0.39, 0.29) is 17.2 Å². The number of H-pyrrole nitrogens is 1. The number of carbonyl (C=O) groups is 1. The van der Waals surface area contributed by atoms with E-state index in [4.69, 9.17) is 5.73 Å². The van der Waals surface area contributed by atoms with Gasteiger partial charge < -0.3 is 5.73 Å². The molecular weight excluding hydrogens is 176 g/mol. The monoisotopic (exact) mass is 184 g/mol. The van der Waals surface area contributed by atoms with Gasteiger partial charge in [-0.25, -0.2) is 10.2 Å². The highest BCUT2D eigenvalue weighted by molar-refractivity contribution is 5.72. The third-order valence-electron chi connectivity index (χ3n) is 1.16. The van der Waals surface area contributed by atoms with Crippen LogP contribution < -0.4 is 22.1 Å². The molecule has 0 atom stereocenters. The molecule has 0 saturated heterocycles. The number of amides is 2. The van der Waals surface area contributed by atoms with Crippen LogP contribution in [0, 0.1) is 6.92 Å². The van der Waals surface area contributed by atoms with Crippen LogP contribution in [0.2, 0.25) is 0 Å². The molecule has 0 saturated carbocycles. The Bertz CT molecular complexity index is 372. The van der Waals surface area contributed by atoms with Gasteiger partial charge in [-0.3, -0.25) is 15.2 Å². The number of rotatable bonds is 2. The minimum atomic E-state index is -0.789. The van der Waals surface area contributed by atoms with Gasteiger partial charge in [0.2, 0.25) is 5.95 Å². The lowest BCUT2D eigenvalue weighted by Gasteiger charge is -2.02. The fourth-order valence-corrected chi connectivity index (χ4v) is 0.570. The first-order valence-corrected chi connectivity index (χ1v) is 3.34. The second kappa shape index (κ2) is 3.52. The third-order valence-corrected chi connectivity index (χ3v) is 1.16. The average Bonchev–Trinajstić information content (AvgIpc) is 2.07. The Labute approximate surface area is 72.5 Å². The predicted octanol–water partition coefficient (Wildman–Crippen LogP) is -1.53. The molecule has 0 fully saturated rings. The molecule has 70 valence electrons. The van der Waals surface area contributed by atoms with Crippen molar-refractivity contribution in [3.05, 3.63) is 16.0 Å². The molecule has 0 unspecified atom stereocenters. The molecule has 0 aliphatic heterocycles. The maximum atomic E-state index is 10.9. The molecular formula is C5H8N6O2. The van der Waals surface area contributed by atoms with E-state index >= 15 is 0 Å². The Morgan fingerprint density at radius 2 is 2.23 bits per heavy atom. The van der Waals surface area contributed by atoms with Gasteiger partial charge in [-0.1, -0.05) is 0 Å². The molecule has 13 heavy (non-hydrogen) atoms. The number of anilines is 1. The number of primary amides is 1. The number of nitrogens with two attached hydrogens (primary N) is 1. The zero-order valence-electron chi connectivity index (χ0n) is 6.79. The predicted molar refractivity (Wildman–Crippen MR) is 43.7 cm³/mol. The Hall–Kier alpha value is -2.12. The molecule has 0 aliphatic rings. The van der Waals surface area contributed by atoms with Crippen molar-refractivity contribution in [3.63, 3.8) is 0 Å². The van der Waals surface area contributed by atoms with Crippen LogP contribution in [0.4, 0.5) is 10.7 Å². The quantitative estimate of drug-likeness (QED) is 0.415. The molecule has 5 N–H and O–H groups in total. The topological polar surface area (TPSA) is 126 Å². The standard InChI is InChI=1S/C5H8N6O2/c1-2-3(12)7-5(10-8-2)11-9-4(6)13/h1H3,(H3,6,9,13)(H2,7,10,11,12). The first-order chi connectivity index (χ1) is 6.09. The Morgan fingerprint density at radius 1 is 1.54 bits per heavy atom. The van der Waals surface area contributed by atoms with E-state index in [2.05, 4.69) is 20.6 Å². The molecule has 0 aliphatic carbocycles. The number of nitrogens with zero attached hydrogens (tertiary/aromatic N) is 2. The van der Waals surface area contributed by atoms with Crippen LogP contribution in [0.3, 0.4) is 0 Å². The fourth-order valence-electron chi connectivity index (χ4n) is 0.570. The van der Waals surface area contributed by atoms with Gasteiger partial charge in [0.15, 0.2) is 0 Å². The highest BCUT2D eigenvalue weighted by Gasteiger charge is 1.98. The van der Waals surface area contributed by atoms with Crippen LogP contribution in [-0.4, -0.2) is 21.2 Å². The summed E-state index contributed by atoms with van der Waals surface area (Å²) in [7, 11) is 0. The SMILES string of the molecule is Cc1nnc(NNC(N)=O)[nH]c1=O. The summed E-state index contributed by atoms with van der Waals surface area (Å²) in [4.78, 5) is 23.5. The fraction of sp³-hybridized carbons (Fsp3) is 0.200. The van der Waals surface area contributed by atoms with Gasteiger partial charge in [-0.2, -0.15) is 0 Å². The summed E-state index contributed by atoms with van der Waals surface area (Å²) in [5.41, 5.74) is 8.89. The molecule has 0 spiro atoms. The average molecular weight is 184 g/mol. The first kappa shape index (κ1) is 8.97. The third kappa shape index (κ3) is 2.43. The van der Waals surface area contributed by atoms with Crippen LogP contribution in [0.1, 0.15) is 5.69 Å². The Morgan fingerprint density at radius 3 is 2.77 bits per heavy atom. The van der Waals surface area contributed by atoms with Gasteiger partial charge in [0.1, 0.15) is 5.69 Å². The molecule has 0 aromatic carbocycles. The number of aromatic amines is 1. The zero-order chi connectivity index (χ0) is 9.84. The van der Waals surface area contributed by atoms with Crippen LogP contribution in [0.25, 0.3) is 0 Å². The number of carbonyl (C=O) groups excluding carboxylic acids is 1. The molecule has 8 nitrogen and oxygen atoms in total. The summed E-state index contributed by atoms with van der Waals surface area (Å²) < 4.78 is 0. The number of hydrogen-bond acceptors (Lipinski definition) is 5. The normalized spacial score (nSPS) is 9.31.